The normalized spacial score (nSPS) is 22.7. The van der Waals surface area contributed by atoms with Gasteiger partial charge in [-0.25, -0.2) is 0 Å². The number of anilines is 1. The van der Waals surface area contributed by atoms with Crippen LogP contribution in [0.4, 0.5) is 5.69 Å². The molecule has 2 aliphatic heterocycles. The van der Waals surface area contributed by atoms with Gasteiger partial charge in [-0.1, -0.05) is 30.3 Å². The standard InChI is InChI=1S/C28H30N6O/c1-20-16-32(24(15-30-20)17-33-10-4-9-31-33)18-27(35)34-19-28(12-22-5-2-3-6-23(22)13-28)25-8-7-21(14-29)11-26(25)34/h2-11,20,24,30H,12-13,15-19H2,1H3/t20-,24-/m1/s1. The molecule has 1 spiro atoms. The molecule has 2 aromatic carbocycles. The van der Waals surface area contributed by atoms with E-state index in [9.17, 15) is 10.1 Å². The fourth-order valence-corrected chi connectivity index (χ4v) is 6.25. The van der Waals surface area contributed by atoms with Crippen LogP contribution >= 0.6 is 0 Å². The minimum atomic E-state index is -0.117. The van der Waals surface area contributed by atoms with E-state index in [2.05, 4.69) is 58.6 Å². The van der Waals surface area contributed by atoms with Crippen molar-refractivity contribution in [1.82, 2.24) is 20.0 Å². The second-order valence-corrected chi connectivity index (χ2v) is 10.3. The van der Waals surface area contributed by atoms with Crippen LogP contribution in [0.1, 0.15) is 29.2 Å². The predicted molar refractivity (Wildman–Crippen MR) is 134 cm³/mol. The van der Waals surface area contributed by atoms with Crippen molar-refractivity contribution in [2.45, 2.75) is 43.8 Å². The number of hydrogen-bond acceptors (Lipinski definition) is 5. The number of carbonyl (C=O) groups is 1. The first-order chi connectivity index (χ1) is 17.0. The summed E-state index contributed by atoms with van der Waals surface area (Å²) in [7, 11) is 0. The van der Waals surface area contributed by atoms with E-state index in [-0.39, 0.29) is 17.4 Å². The molecule has 0 bridgehead atoms. The summed E-state index contributed by atoms with van der Waals surface area (Å²) in [6, 6.07) is 19.2. The maximum atomic E-state index is 13.9. The van der Waals surface area contributed by atoms with E-state index >= 15 is 0 Å². The molecule has 3 aromatic rings. The van der Waals surface area contributed by atoms with Gasteiger partial charge in [0.1, 0.15) is 0 Å². The van der Waals surface area contributed by atoms with E-state index in [4.69, 9.17) is 0 Å². The molecule has 1 fully saturated rings. The molecular weight excluding hydrogens is 436 g/mol. The van der Waals surface area contributed by atoms with Crippen molar-refractivity contribution < 1.29 is 4.79 Å². The van der Waals surface area contributed by atoms with Gasteiger partial charge in [-0.2, -0.15) is 10.4 Å². The minimum absolute atomic E-state index is 0.105. The highest BCUT2D eigenvalue weighted by Crippen LogP contribution is 2.49. The van der Waals surface area contributed by atoms with Gasteiger partial charge in [0.05, 0.1) is 24.7 Å². The summed E-state index contributed by atoms with van der Waals surface area (Å²) in [6.45, 7) is 5.56. The Morgan fingerprint density at radius 3 is 2.71 bits per heavy atom. The summed E-state index contributed by atoms with van der Waals surface area (Å²) in [4.78, 5) is 18.2. The van der Waals surface area contributed by atoms with Gasteiger partial charge in [0.15, 0.2) is 0 Å². The van der Waals surface area contributed by atoms with E-state index in [0.29, 0.717) is 24.7 Å². The van der Waals surface area contributed by atoms with Crippen LogP contribution in [-0.2, 0) is 29.6 Å². The summed E-state index contributed by atoms with van der Waals surface area (Å²) in [5, 5.41) is 17.5. The Balaban J connectivity index is 1.28. The summed E-state index contributed by atoms with van der Waals surface area (Å²) in [6.07, 6.45) is 5.62. The van der Waals surface area contributed by atoms with Crippen LogP contribution in [0.2, 0.25) is 0 Å². The Hall–Kier alpha value is -3.47. The number of piperazine rings is 1. The molecule has 0 saturated carbocycles. The largest absolute Gasteiger partial charge is 0.311 e. The molecule has 6 rings (SSSR count). The molecular formula is C28H30N6O. The number of fused-ring (bicyclic) bond motifs is 3. The molecule has 1 aromatic heterocycles. The molecule has 2 atom stereocenters. The third kappa shape index (κ3) is 3.93. The number of aromatic nitrogens is 2. The molecule has 0 radical (unpaired) electrons. The zero-order valence-corrected chi connectivity index (χ0v) is 20.0. The lowest BCUT2D eigenvalue weighted by Gasteiger charge is -2.39. The topological polar surface area (TPSA) is 77.2 Å². The molecule has 1 aliphatic carbocycles. The molecule has 3 aliphatic rings. The average molecular weight is 467 g/mol. The molecule has 1 N–H and O–H groups in total. The monoisotopic (exact) mass is 466 g/mol. The maximum absolute atomic E-state index is 13.9. The molecule has 35 heavy (non-hydrogen) atoms. The van der Waals surface area contributed by atoms with Gasteiger partial charge in [-0.15, -0.1) is 0 Å². The third-order valence-electron chi connectivity index (χ3n) is 7.95. The first-order valence-electron chi connectivity index (χ1n) is 12.4. The first kappa shape index (κ1) is 22.0. The number of rotatable bonds is 4. The van der Waals surface area contributed by atoms with Crippen molar-refractivity contribution in [3.05, 3.63) is 83.2 Å². The van der Waals surface area contributed by atoms with Crippen LogP contribution in [0.25, 0.3) is 0 Å². The van der Waals surface area contributed by atoms with E-state index < -0.39 is 0 Å². The highest BCUT2D eigenvalue weighted by Gasteiger charge is 2.48. The molecule has 0 unspecified atom stereocenters. The van der Waals surface area contributed by atoms with Crippen molar-refractivity contribution in [1.29, 1.82) is 5.26 Å². The molecule has 3 heterocycles. The molecule has 7 nitrogen and oxygen atoms in total. The summed E-state index contributed by atoms with van der Waals surface area (Å²) < 4.78 is 1.94. The minimum Gasteiger partial charge on any atom is -0.311 e. The average Bonchev–Trinajstić information content (AvgIpc) is 3.58. The maximum Gasteiger partial charge on any atom is 0.241 e. The van der Waals surface area contributed by atoms with Gasteiger partial charge in [0.25, 0.3) is 0 Å². The lowest BCUT2D eigenvalue weighted by Crippen LogP contribution is -2.59. The zero-order chi connectivity index (χ0) is 24.0. The van der Waals surface area contributed by atoms with Gasteiger partial charge in [-0.3, -0.25) is 14.4 Å². The van der Waals surface area contributed by atoms with Crippen LogP contribution in [0.5, 0.6) is 0 Å². The smallest absolute Gasteiger partial charge is 0.241 e. The number of nitrogens with zero attached hydrogens (tertiary/aromatic N) is 5. The van der Waals surface area contributed by atoms with Crippen LogP contribution in [-0.4, -0.2) is 58.9 Å². The van der Waals surface area contributed by atoms with Gasteiger partial charge >= 0.3 is 0 Å². The number of hydrogen-bond donors (Lipinski definition) is 1. The van der Waals surface area contributed by atoms with Gasteiger partial charge in [-0.05, 0) is 54.7 Å². The van der Waals surface area contributed by atoms with Crippen LogP contribution in [0, 0.1) is 11.3 Å². The van der Waals surface area contributed by atoms with Crippen molar-refractivity contribution in [2.24, 2.45) is 0 Å². The lowest BCUT2D eigenvalue weighted by atomic mass is 9.79. The fourth-order valence-electron chi connectivity index (χ4n) is 6.25. The van der Waals surface area contributed by atoms with Crippen LogP contribution in [0.3, 0.4) is 0 Å². The SMILES string of the molecule is C[C@@H]1CN(CC(=O)N2CC3(Cc4ccccc4C3)c3ccc(C#N)cc32)[C@@H](Cn2cccn2)CN1. The van der Waals surface area contributed by atoms with Gasteiger partial charge < -0.3 is 10.2 Å². The number of nitrogens with one attached hydrogen (secondary N) is 1. The van der Waals surface area contributed by atoms with Crippen LogP contribution in [0.15, 0.2) is 60.9 Å². The molecule has 7 heteroatoms. The van der Waals surface area contributed by atoms with Crippen molar-refractivity contribution >= 4 is 11.6 Å². The second-order valence-electron chi connectivity index (χ2n) is 10.3. The lowest BCUT2D eigenvalue weighted by molar-refractivity contribution is -0.120. The first-order valence-corrected chi connectivity index (χ1v) is 12.4. The predicted octanol–water partition coefficient (Wildman–Crippen LogP) is 2.50. The quantitative estimate of drug-likeness (QED) is 0.639. The van der Waals surface area contributed by atoms with Gasteiger partial charge in [0, 0.05) is 55.2 Å². The second kappa shape index (κ2) is 8.63. The van der Waals surface area contributed by atoms with Crippen molar-refractivity contribution in [3.63, 3.8) is 0 Å². The number of benzene rings is 2. The Morgan fingerprint density at radius 2 is 2.00 bits per heavy atom. The zero-order valence-electron chi connectivity index (χ0n) is 20.0. The summed E-state index contributed by atoms with van der Waals surface area (Å²) in [5.74, 6) is 0.105. The van der Waals surface area contributed by atoms with E-state index in [1.54, 1.807) is 6.20 Å². The summed E-state index contributed by atoms with van der Waals surface area (Å²) in [5.41, 5.74) is 5.33. The number of amides is 1. The van der Waals surface area contributed by atoms with Crippen LogP contribution < -0.4 is 10.2 Å². The summed E-state index contributed by atoms with van der Waals surface area (Å²) >= 11 is 0. The van der Waals surface area contributed by atoms with E-state index in [1.165, 1.54) is 16.7 Å². The Kier molecular flexibility index (Phi) is 5.43. The molecule has 178 valence electrons. The fraction of sp³-hybridized carbons (Fsp3) is 0.393. The molecule has 1 amide bonds. The Labute approximate surface area is 206 Å². The third-order valence-corrected chi connectivity index (χ3v) is 7.95. The highest BCUT2D eigenvalue weighted by molar-refractivity contribution is 5.98. The van der Waals surface area contributed by atoms with Crippen molar-refractivity contribution in [3.8, 4) is 6.07 Å². The Bertz CT molecular complexity index is 1270. The number of nitriles is 1. The van der Waals surface area contributed by atoms with E-state index in [0.717, 1.165) is 38.2 Å². The Morgan fingerprint density at radius 1 is 1.20 bits per heavy atom. The van der Waals surface area contributed by atoms with Crippen molar-refractivity contribution in [2.75, 3.05) is 31.1 Å². The number of carbonyl (C=O) groups excluding carboxylic acids is 1. The van der Waals surface area contributed by atoms with Gasteiger partial charge in [0.2, 0.25) is 5.91 Å². The van der Waals surface area contributed by atoms with E-state index in [1.807, 2.05) is 34.0 Å². The highest BCUT2D eigenvalue weighted by atomic mass is 16.2. The molecule has 1 saturated heterocycles.